The Hall–Kier alpha value is 0.310. The SMILES string of the molecule is CC(SC1CCCCC1)C(=O)Cl. The van der Waals surface area contributed by atoms with E-state index < -0.39 is 0 Å². The summed E-state index contributed by atoms with van der Waals surface area (Å²) in [6, 6.07) is 0. The van der Waals surface area contributed by atoms with Crippen LogP contribution in [0.2, 0.25) is 0 Å². The molecule has 1 nitrogen and oxygen atoms in total. The second-order valence-electron chi connectivity index (χ2n) is 3.34. The zero-order valence-corrected chi connectivity index (χ0v) is 8.96. The van der Waals surface area contributed by atoms with E-state index in [0.29, 0.717) is 5.25 Å². The van der Waals surface area contributed by atoms with E-state index in [9.17, 15) is 4.79 Å². The minimum atomic E-state index is -0.203. The maximum Gasteiger partial charge on any atom is 0.234 e. The molecular weight excluding hydrogens is 192 g/mol. The van der Waals surface area contributed by atoms with Gasteiger partial charge in [0.05, 0.1) is 5.25 Å². The van der Waals surface area contributed by atoms with Crippen LogP contribution < -0.4 is 0 Å². The fourth-order valence-electron chi connectivity index (χ4n) is 1.54. The summed E-state index contributed by atoms with van der Waals surface area (Å²) in [7, 11) is 0. The van der Waals surface area contributed by atoms with E-state index >= 15 is 0 Å². The van der Waals surface area contributed by atoms with Crippen LogP contribution in [0.15, 0.2) is 0 Å². The summed E-state index contributed by atoms with van der Waals surface area (Å²) in [5.41, 5.74) is 0. The zero-order chi connectivity index (χ0) is 8.97. The van der Waals surface area contributed by atoms with Crippen LogP contribution in [0.3, 0.4) is 0 Å². The summed E-state index contributed by atoms with van der Waals surface area (Å²) >= 11 is 7.13. The predicted octanol–water partition coefficient (Wildman–Crippen LogP) is 3.21. The van der Waals surface area contributed by atoms with Gasteiger partial charge < -0.3 is 0 Å². The normalized spacial score (nSPS) is 22.2. The Bertz CT molecular complexity index is 155. The minimum Gasteiger partial charge on any atom is -0.280 e. The van der Waals surface area contributed by atoms with Gasteiger partial charge in [0.25, 0.3) is 0 Å². The number of rotatable bonds is 3. The third kappa shape index (κ3) is 3.36. The molecule has 70 valence electrons. The summed E-state index contributed by atoms with van der Waals surface area (Å²) in [6.45, 7) is 1.90. The van der Waals surface area contributed by atoms with Crippen LogP contribution in [-0.2, 0) is 4.79 Å². The average Bonchev–Trinajstić information content (AvgIpc) is 2.06. The zero-order valence-electron chi connectivity index (χ0n) is 7.38. The Morgan fingerprint density at radius 1 is 1.42 bits per heavy atom. The van der Waals surface area contributed by atoms with Crippen LogP contribution in [0.1, 0.15) is 39.0 Å². The first kappa shape index (κ1) is 10.4. The van der Waals surface area contributed by atoms with Crippen molar-refractivity contribution in [2.45, 2.75) is 49.5 Å². The molecule has 0 heterocycles. The van der Waals surface area contributed by atoms with Gasteiger partial charge in [0, 0.05) is 5.25 Å². The Labute approximate surface area is 83.2 Å². The smallest absolute Gasteiger partial charge is 0.234 e. The Balaban J connectivity index is 2.24. The van der Waals surface area contributed by atoms with E-state index in [1.165, 1.54) is 32.1 Å². The van der Waals surface area contributed by atoms with Crippen LogP contribution in [-0.4, -0.2) is 15.7 Å². The van der Waals surface area contributed by atoms with E-state index in [1.807, 2.05) is 6.92 Å². The monoisotopic (exact) mass is 206 g/mol. The molecule has 0 bridgehead atoms. The highest BCUT2D eigenvalue weighted by molar-refractivity contribution is 8.01. The molecule has 0 aliphatic heterocycles. The highest BCUT2D eigenvalue weighted by atomic mass is 35.5. The van der Waals surface area contributed by atoms with E-state index in [2.05, 4.69) is 0 Å². The molecule has 1 rings (SSSR count). The molecule has 1 aliphatic rings. The summed E-state index contributed by atoms with van der Waals surface area (Å²) in [6.07, 6.45) is 6.53. The molecule has 1 unspecified atom stereocenters. The van der Waals surface area contributed by atoms with Crippen molar-refractivity contribution >= 4 is 28.6 Å². The van der Waals surface area contributed by atoms with E-state index in [-0.39, 0.29) is 10.5 Å². The highest BCUT2D eigenvalue weighted by Gasteiger charge is 2.19. The van der Waals surface area contributed by atoms with Crippen molar-refractivity contribution in [2.24, 2.45) is 0 Å². The Morgan fingerprint density at radius 2 is 2.00 bits per heavy atom. The molecule has 1 aliphatic carbocycles. The standard InChI is InChI=1S/C9H15ClOS/c1-7(9(10)11)12-8-5-3-2-4-6-8/h7-8H,2-6H2,1H3. The van der Waals surface area contributed by atoms with Gasteiger partial charge in [-0.3, -0.25) is 4.79 Å². The first-order valence-electron chi connectivity index (χ1n) is 4.55. The number of carbonyl (C=O) groups is 1. The number of hydrogen-bond donors (Lipinski definition) is 0. The number of hydrogen-bond acceptors (Lipinski definition) is 2. The average molecular weight is 207 g/mol. The number of carbonyl (C=O) groups excluding carboxylic acids is 1. The van der Waals surface area contributed by atoms with Gasteiger partial charge in [-0.15, -0.1) is 11.8 Å². The molecule has 0 radical (unpaired) electrons. The fourth-order valence-corrected chi connectivity index (χ4v) is 2.99. The molecule has 1 atom stereocenters. The van der Waals surface area contributed by atoms with Gasteiger partial charge in [-0.1, -0.05) is 19.3 Å². The van der Waals surface area contributed by atoms with Crippen molar-refractivity contribution in [3.05, 3.63) is 0 Å². The molecule has 0 spiro atoms. The van der Waals surface area contributed by atoms with Gasteiger partial charge >= 0.3 is 0 Å². The van der Waals surface area contributed by atoms with Crippen molar-refractivity contribution in [3.63, 3.8) is 0 Å². The van der Waals surface area contributed by atoms with Crippen molar-refractivity contribution in [1.29, 1.82) is 0 Å². The lowest BCUT2D eigenvalue weighted by Crippen LogP contribution is -2.15. The Kier molecular flexibility index (Phi) is 4.44. The van der Waals surface area contributed by atoms with E-state index in [1.54, 1.807) is 11.8 Å². The third-order valence-electron chi connectivity index (χ3n) is 2.27. The van der Waals surface area contributed by atoms with Gasteiger partial charge in [0.1, 0.15) is 0 Å². The predicted molar refractivity (Wildman–Crippen MR) is 54.8 cm³/mol. The first-order chi connectivity index (χ1) is 5.70. The maximum atomic E-state index is 10.8. The topological polar surface area (TPSA) is 17.1 Å². The van der Waals surface area contributed by atoms with Crippen molar-refractivity contribution in [2.75, 3.05) is 0 Å². The third-order valence-corrected chi connectivity index (χ3v) is 4.20. The lowest BCUT2D eigenvalue weighted by atomic mass is 10.0. The van der Waals surface area contributed by atoms with Crippen molar-refractivity contribution in [3.8, 4) is 0 Å². The summed E-state index contributed by atoms with van der Waals surface area (Å²) < 4.78 is 0. The number of halogens is 1. The van der Waals surface area contributed by atoms with Gasteiger partial charge in [-0.25, -0.2) is 0 Å². The van der Waals surface area contributed by atoms with Gasteiger partial charge in [-0.05, 0) is 31.4 Å². The molecule has 0 aromatic heterocycles. The van der Waals surface area contributed by atoms with Crippen molar-refractivity contribution in [1.82, 2.24) is 0 Å². The van der Waals surface area contributed by atoms with Crippen LogP contribution in [0.5, 0.6) is 0 Å². The molecule has 12 heavy (non-hydrogen) atoms. The molecule has 1 fully saturated rings. The minimum absolute atomic E-state index is 0.0187. The maximum absolute atomic E-state index is 10.8. The molecular formula is C9H15ClOS. The molecule has 1 saturated carbocycles. The second kappa shape index (κ2) is 5.13. The van der Waals surface area contributed by atoms with E-state index in [4.69, 9.17) is 11.6 Å². The van der Waals surface area contributed by atoms with Gasteiger partial charge in [-0.2, -0.15) is 0 Å². The van der Waals surface area contributed by atoms with Crippen molar-refractivity contribution < 1.29 is 4.79 Å². The molecule has 0 amide bonds. The second-order valence-corrected chi connectivity index (χ2v) is 5.36. The Morgan fingerprint density at radius 3 is 2.50 bits per heavy atom. The molecule has 0 aromatic rings. The van der Waals surface area contributed by atoms with E-state index in [0.717, 1.165) is 0 Å². The molecule has 0 saturated heterocycles. The largest absolute Gasteiger partial charge is 0.280 e. The van der Waals surface area contributed by atoms with Gasteiger partial charge in [0.15, 0.2) is 0 Å². The first-order valence-corrected chi connectivity index (χ1v) is 5.87. The lowest BCUT2D eigenvalue weighted by molar-refractivity contribution is -0.111. The molecule has 0 N–H and O–H groups in total. The summed E-state index contributed by atoms with van der Waals surface area (Å²) in [4.78, 5) is 10.8. The van der Waals surface area contributed by atoms with Crippen LogP contribution in [0.25, 0.3) is 0 Å². The summed E-state index contributed by atoms with van der Waals surface area (Å²) in [5, 5.41) is 0.455. The lowest BCUT2D eigenvalue weighted by Gasteiger charge is -2.22. The highest BCUT2D eigenvalue weighted by Crippen LogP contribution is 2.31. The molecule has 0 aromatic carbocycles. The van der Waals surface area contributed by atoms with Crippen LogP contribution >= 0.6 is 23.4 Å². The van der Waals surface area contributed by atoms with Gasteiger partial charge in [0.2, 0.25) is 5.24 Å². The van der Waals surface area contributed by atoms with Crippen LogP contribution in [0.4, 0.5) is 0 Å². The molecule has 3 heteroatoms. The summed E-state index contributed by atoms with van der Waals surface area (Å²) in [5.74, 6) is 0. The quantitative estimate of drug-likeness (QED) is 0.660. The van der Waals surface area contributed by atoms with Crippen LogP contribution in [0, 0.1) is 0 Å². The number of thioether (sulfide) groups is 1. The fraction of sp³-hybridized carbons (Fsp3) is 0.889.